The highest BCUT2D eigenvalue weighted by Gasteiger charge is 2.35. The number of aryl methyl sites for hydroxylation is 1. The molecule has 0 bridgehead atoms. The third-order valence-corrected chi connectivity index (χ3v) is 5.84. The number of carbonyl (C=O) groups excluding carboxylic acids is 1. The Morgan fingerprint density at radius 1 is 0.939 bits per heavy atom. The highest BCUT2D eigenvalue weighted by molar-refractivity contribution is 5.86. The lowest BCUT2D eigenvalue weighted by molar-refractivity contribution is 0.203. The number of allylic oxidation sites excluding steroid dienone is 1. The summed E-state index contributed by atoms with van der Waals surface area (Å²) < 4.78 is 5.74. The molecule has 164 valence electrons. The number of aromatic nitrogens is 2. The maximum Gasteiger partial charge on any atom is 0.322 e. The fraction of sp³-hybridized carbons (Fsp3) is 0.148. The second-order valence-corrected chi connectivity index (χ2v) is 8.16. The van der Waals surface area contributed by atoms with Crippen molar-refractivity contribution in [2.24, 2.45) is 0 Å². The Balaban J connectivity index is 1.59. The molecule has 0 spiro atoms. The maximum atomic E-state index is 13.2. The van der Waals surface area contributed by atoms with Gasteiger partial charge in [0.05, 0.1) is 18.2 Å². The zero-order chi connectivity index (χ0) is 22.8. The van der Waals surface area contributed by atoms with Gasteiger partial charge in [0, 0.05) is 11.3 Å². The van der Waals surface area contributed by atoms with Gasteiger partial charge in [-0.1, -0.05) is 95.6 Å². The number of rotatable bonds is 5. The molecule has 4 aromatic rings. The molecule has 33 heavy (non-hydrogen) atoms. The van der Waals surface area contributed by atoms with E-state index in [0.29, 0.717) is 18.3 Å². The number of carbonyl (C=O) groups is 1. The monoisotopic (exact) mass is 436 g/mol. The first-order chi connectivity index (χ1) is 16.1. The summed E-state index contributed by atoms with van der Waals surface area (Å²) in [5, 5.41) is 7.36. The molecule has 3 aromatic carbocycles. The van der Waals surface area contributed by atoms with E-state index in [1.165, 1.54) is 0 Å². The van der Waals surface area contributed by atoms with Crippen LogP contribution < -0.4 is 5.32 Å². The fourth-order valence-electron chi connectivity index (χ4n) is 4.17. The lowest BCUT2D eigenvalue weighted by Crippen LogP contribution is -2.45. The van der Waals surface area contributed by atoms with Crippen LogP contribution in [0.5, 0.6) is 0 Å². The average Bonchev–Trinajstić information content (AvgIpc) is 3.32. The Kier molecular flexibility index (Phi) is 5.48. The Labute approximate surface area is 192 Å². The second kappa shape index (κ2) is 8.74. The quantitative estimate of drug-likeness (QED) is 0.433. The molecule has 1 unspecified atom stereocenters. The zero-order valence-corrected chi connectivity index (χ0v) is 18.5. The van der Waals surface area contributed by atoms with Crippen molar-refractivity contribution >= 4 is 11.6 Å². The number of amides is 2. The van der Waals surface area contributed by atoms with Gasteiger partial charge in [-0.05, 0) is 25.0 Å². The summed E-state index contributed by atoms with van der Waals surface area (Å²) in [5.41, 5.74) is 5.62. The van der Waals surface area contributed by atoms with E-state index in [1.54, 1.807) is 4.90 Å². The highest BCUT2D eigenvalue weighted by atomic mass is 16.5. The maximum absolute atomic E-state index is 13.2. The van der Waals surface area contributed by atoms with E-state index in [4.69, 9.17) is 9.51 Å². The van der Waals surface area contributed by atoms with Gasteiger partial charge in [0.25, 0.3) is 5.89 Å². The van der Waals surface area contributed by atoms with E-state index < -0.39 is 6.04 Å². The zero-order valence-electron chi connectivity index (χ0n) is 18.5. The Bertz CT molecular complexity index is 1310. The predicted octanol–water partition coefficient (Wildman–Crippen LogP) is 5.74. The molecule has 1 aliphatic rings. The van der Waals surface area contributed by atoms with Gasteiger partial charge in [0.2, 0.25) is 5.82 Å². The topological polar surface area (TPSA) is 71.3 Å². The van der Waals surface area contributed by atoms with Crippen LogP contribution in [0.15, 0.2) is 95.1 Å². The lowest BCUT2D eigenvalue weighted by atomic mass is 9.94. The van der Waals surface area contributed by atoms with Crippen LogP contribution in [0, 0.1) is 6.92 Å². The third kappa shape index (κ3) is 4.15. The number of nitrogens with one attached hydrogen (secondary N) is 1. The Morgan fingerprint density at radius 2 is 1.67 bits per heavy atom. The summed E-state index contributed by atoms with van der Waals surface area (Å²) in [4.78, 5) is 19.6. The van der Waals surface area contributed by atoms with Crippen LogP contribution in [-0.4, -0.2) is 21.1 Å². The van der Waals surface area contributed by atoms with Crippen LogP contribution in [0.3, 0.4) is 0 Å². The van der Waals surface area contributed by atoms with Gasteiger partial charge in [-0.2, -0.15) is 4.98 Å². The molecule has 0 saturated carbocycles. The van der Waals surface area contributed by atoms with E-state index in [9.17, 15) is 4.79 Å². The summed E-state index contributed by atoms with van der Waals surface area (Å²) in [6, 6.07) is 27.2. The number of nitrogens with zero attached hydrogens (tertiary/aromatic N) is 3. The van der Waals surface area contributed by atoms with E-state index in [0.717, 1.165) is 33.5 Å². The molecule has 1 aliphatic heterocycles. The molecule has 0 saturated heterocycles. The molecule has 2 heterocycles. The van der Waals surface area contributed by atoms with Gasteiger partial charge in [-0.25, -0.2) is 4.79 Å². The van der Waals surface area contributed by atoms with Gasteiger partial charge in [-0.3, -0.25) is 4.90 Å². The molecule has 0 radical (unpaired) electrons. The van der Waals surface area contributed by atoms with E-state index >= 15 is 0 Å². The van der Waals surface area contributed by atoms with Crippen molar-refractivity contribution in [2.75, 3.05) is 0 Å². The molecule has 0 fully saturated rings. The first kappa shape index (κ1) is 20.7. The van der Waals surface area contributed by atoms with Crippen molar-refractivity contribution in [3.05, 3.63) is 113 Å². The predicted molar refractivity (Wildman–Crippen MR) is 127 cm³/mol. The minimum atomic E-state index is -0.392. The number of hydrogen-bond donors (Lipinski definition) is 1. The van der Waals surface area contributed by atoms with Crippen molar-refractivity contribution < 1.29 is 9.32 Å². The summed E-state index contributed by atoms with van der Waals surface area (Å²) in [6.45, 7) is 4.43. The molecule has 6 nitrogen and oxygen atoms in total. The fourth-order valence-corrected chi connectivity index (χ4v) is 4.17. The average molecular weight is 437 g/mol. The SMILES string of the molecule is CC1=C(c2nc(-c3ccccc3)no2)C(c2ccccc2)NC(=O)N1Cc1cccc(C)c1. The first-order valence-electron chi connectivity index (χ1n) is 10.9. The largest absolute Gasteiger partial charge is 0.334 e. The van der Waals surface area contributed by atoms with Crippen molar-refractivity contribution in [2.45, 2.75) is 26.4 Å². The number of urea groups is 1. The molecule has 1 atom stereocenters. The van der Waals surface area contributed by atoms with E-state index in [2.05, 4.69) is 16.5 Å². The van der Waals surface area contributed by atoms with E-state index in [-0.39, 0.29) is 6.03 Å². The minimum absolute atomic E-state index is 0.158. The smallest absolute Gasteiger partial charge is 0.322 e. The standard InChI is InChI=1S/C27H24N4O2/c1-18-10-9-11-20(16-18)17-31-19(2)23(24(28-27(31)32)21-12-5-3-6-13-21)26-29-25(30-33-26)22-14-7-4-8-15-22/h3-16,24H,17H2,1-2H3,(H,28,32). The molecule has 2 amide bonds. The van der Waals surface area contributed by atoms with Crippen molar-refractivity contribution in [1.29, 1.82) is 0 Å². The van der Waals surface area contributed by atoms with Crippen LogP contribution in [-0.2, 0) is 6.54 Å². The van der Waals surface area contributed by atoms with Crippen LogP contribution in [0.1, 0.15) is 35.5 Å². The Hall–Kier alpha value is -4.19. The molecule has 0 aliphatic carbocycles. The summed E-state index contributed by atoms with van der Waals surface area (Å²) in [5.74, 6) is 0.911. The summed E-state index contributed by atoms with van der Waals surface area (Å²) >= 11 is 0. The second-order valence-electron chi connectivity index (χ2n) is 8.16. The van der Waals surface area contributed by atoms with Crippen LogP contribution in [0.4, 0.5) is 4.79 Å². The first-order valence-corrected chi connectivity index (χ1v) is 10.9. The van der Waals surface area contributed by atoms with Crippen molar-refractivity contribution in [1.82, 2.24) is 20.4 Å². The molecule has 5 rings (SSSR count). The Morgan fingerprint density at radius 3 is 2.39 bits per heavy atom. The van der Waals surface area contributed by atoms with Crippen molar-refractivity contribution in [3.63, 3.8) is 0 Å². The van der Waals surface area contributed by atoms with Crippen molar-refractivity contribution in [3.8, 4) is 11.4 Å². The van der Waals surface area contributed by atoms with Gasteiger partial charge < -0.3 is 9.84 Å². The van der Waals surface area contributed by atoms with Crippen LogP contribution in [0.2, 0.25) is 0 Å². The highest BCUT2D eigenvalue weighted by Crippen LogP contribution is 2.37. The van der Waals surface area contributed by atoms with Crippen LogP contribution >= 0.6 is 0 Å². The lowest BCUT2D eigenvalue weighted by Gasteiger charge is -2.35. The number of benzene rings is 3. The third-order valence-electron chi connectivity index (χ3n) is 5.84. The van der Waals surface area contributed by atoms with Crippen LogP contribution in [0.25, 0.3) is 17.0 Å². The van der Waals surface area contributed by atoms with E-state index in [1.807, 2.05) is 92.7 Å². The van der Waals surface area contributed by atoms with Gasteiger partial charge in [-0.15, -0.1) is 0 Å². The summed E-state index contributed by atoms with van der Waals surface area (Å²) in [6.07, 6.45) is 0. The molecular weight excluding hydrogens is 412 g/mol. The molecule has 6 heteroatoms. The van der Waals surface area contributed by atoms with Gasteiger partial charge in [0.1, 0.15) is 0 Å². The van der Waals surface area contributed by atoms with Gasteiger partial charge in [0.15, 0.2) is 0 Å². The summed E-state index contributed by atoms with van der Waals surface area (Å²) in [7, 11) is 0. The normalized spacial score (nSPS) is 16.1. The molecule has 1 aromatic heterocycles. The minimum Gasteiger partial charge on any atom is -0.334 e. The molecule has 1 N–H and O–H groups in total. The molecular formula is C27H24N4O2. The van der Waals surface area contributed by atoms with Gasteiger partial charge >= 0.3 is 6.03 Å². The number of hydrogen-bond acceptors (Lipinski definition) is 4.